The average molecular weight is 327 g/mol. The number of nitrogens with zero attached hydrogens (tertiary/aromatic N) is 1. The number of aliphatic hydroxyl groups excluding tert-OH is 1. The summed E-state index contributed by atoms with van der Waals surface area (Å²) < 4.78 is 1.15. The Bertz CT molecular complexity index is 436. The third kappa shape index (κ3) is 3.30. The number of nitrogens with one attached hydrogen (secondary N) is 1. The first-order chi connectivity index (χ1) is 9.02. The normalized spacial score (nSPS) is 22.6. The SMILES string of the molecule is CNC(C)c1ccc(N2CCC(C(C)O)C2)cc1Br. The maximum Gasteiger partial charge on any atom is 0.0557 e. The molecule has 19 heavy (non-hydrogen) atoms. The topological polar surface area (TPSA) is 35.5 Å². The van der Waals surface area contributed by atoms with E-state index in [9.17, 15) is 5.11 Å². The van der Waals surface area contributed by atoms with E-state index in [0.29, 0.717) is 12.0 Å². The lowest BCUT2D eigenvalue weighted by Gasteiger charge is -2.21. The van der Waals surface area contributed by atoms with Gasteiger partial charge in [0, 0.05) is 35.2 Å². The monoisotopic (exact) mass is 326 g/mol. The van der Waals surface area contributed by atoms with E-state index in [1.165, 1.54) is 11.3 Å². The molecule has 1 aromatic rings. The van der Waals surface area contributed by atoms with E-state index in [0.717, 1.165) is 24.0 Å². The van der Waals surface area contributed by atoms with Crippen LogP contribution in [0.4, 0.5) is 5.69 Å². The molecule has 0 saturated carbocycles. The van der Waals surface area contributed by atoms with Gasteiger partial charge >= 0.3 is 0 Å². The summed E-state index contributed by atoms with van der Waals surface area (Å²) in [5.74, 6) is 0.398. The molecule has 0 radical (unpaired) electrons. The van der Waals surface area contributed by atoms with Gasteiger partial charge in [-0.05, 0) is 45.0 Å². The van der Waals surface area contributed by atoms with Gasteiger partial charge in [0.2, 0.25) is 0 Å². The van der Waals surface area contributed by atoms with Gasteiger partial charge in [0.1, 0.15) is 0 Å². The Labute approximate surface area is 124 Å². The first-order valence-corrected chi connectivity index (χ1v) is 7.72. The second-order valence-corrected chi connectivity index (χ2v) is 6.31. The lowest BCUT2D eigenvalue weighted by Crippen LogP contribution is -2.24. The van der Waals surface area contributed by atoms with Crippen molar-refractivity contribution in [2.24, 2.45) is 5.92 Å². The number of anilines is 1. The molecule has 1 saturated heterocycles. The highest BCUT2D eigenvalue weighted by Gasteiger charge is 2.26. The van der Waals surface area contributed by atoms with E-state index >= 15 is 0 Å². The zero-order chi connectivity index (χ0) is 14.0. The van der Waals surface area contributed by atoms with Gasteiger partial charge in [-0.3, -0.25) is 0 Å². The van der Waals surface area contributed by atoms with Crippen LogP contribution >= 0.6 is 15.9 Å². The van der Waals surface area contributed by atoms with Crippen LogP contribution in [-0.2, 0) is 0 Å². The minimum Gasteiger partial charge on any atom is -0.393 e. The lowest BCUT2D eigenvalue weighted by atomic mass is 10.0. The Balaban J connectivity index is 2.13. The molecule has 4 heteroatoms. The number of hydrogen-bond acceptors (Lipinski definition) is 3. The van der Waals surface area contributed by atoms with Crippen molar-refractivity contribution >= 4 is 21.6 Å². The summed E-state index contributed by atoms with van der Waals surface area (Å²) in [5.41, 5.74) is 2.51. The molecular weight excluding hydrogens is 304 g/mol. The van der Waals surface area contributed by atoms with Crippen molar-refractivity contribution in [2.45, 2.75) is 32.4 Å². The second kappa shape index (κ2) is 6.25. The van der Waals surface area contributed by atoms with Crippen LogP contribution in [0.3, 0.4) is 0 Å². The Morgan fingerprint density at radius 1 is 1.42 bits per heavy atom. The predicted molar refractivity (Wildman–Crippen MR) is 83.6 cm³/mol. The Morgan fingerprint density at radius 2 is 2.16 bits per heavy atom. The minimum atomic E-state index is -0.211. The van der Waals surface area contributed by atoms with E-state index in [1.54, 1.807) is 0 Å². The van der Waals surface area contributed by atoms with Gasteiger partial charge in [0.05, 0.1) is 6.10 Å². The lowest BCUT2D eigenvalue weighted by molar-refractivity contribution is 0.136. The van der Waals surface area contributed by atoms with Crippen LogP contribution in [0, 0.1) is 5.92 Å². The smallest absolute Gasteiger partial charge is 0.0557 e. The van der Waals surface area contributed by atoms with Gasteiger partial charge in [-0.2, -0.15) is 0 Å². The van der Waals surface area contributed by atoms with E-state index in [-0.39, 0.29) is 6.10 Å². The zero-order valence-electron chi connectivity index (χ0n) is 11.9. The molecule has 1 heterocycles. The third-order valence-electron chi connectivity index (χ3n) is 4.16. The van der Waals surface area contributed by atoms with Crippen LogP contribution in [0.2, 0.25) is 0 Å². The van der Waals surface area contributed by atoms with Crippen LogP contribution in [0.15, 0.2) is 22.7 Å². The van der Waals surface area contributed by atoms with Gasteiger partial charge in [0.25, 0.3) is 0 Å². The minimum absolute atomic E-state index is 0.211. The second-order valence-electron chi connectivity index (χ2n) is 5.45. The standard InChI is InChI=1S/C15H23BrN2O/c1-10(17-3)14-5-4-13(8-15(14)16)18-7-6-12(9-18)11(2)19/h4-5,8,10-12,17,19H,6-7,9H2,1-3H3. The van der Waals surface area contributed by atoms with E-state index in [1.807, 2.05) is 14.0 Å². The van der Waals surface area contributed by atoms with Crippen molar-refractivity contribution in [3.63, 3.8) is 0 Å². The van der Waals surface area contributed by atoms with Crippen molar-refractivity contribution in [1.29, 1.82) is 0 Å². The van der Waals surface area contributed by atoms with Crippen LogP contribution in [0.25, 0.3) is 0 Å². The van der Waals surface area contributed by atoms with E-state index in [2.05, 4.69) is 51.3 Å². The molecule has 3 atom stereocenters. The van der Waals surface area contributed by atoms with E-state index < -0.39 is 0 Å². The van der Waals surface area contributed by atoms with Crippen molar-refractivity contribution < 1.29 is 5.11 Å². The molecule has 2 rings (SSSR count). The zero-order valence-corrected chi connectivity index (χ0v) is 13.4. The molecule has 3 nitrogen and oxygen atoms in total. The molecule has 2 N–H and O–H groups in total. The van der Waals surface area contributed by atoms with Gasteiger partial charge in [-0.15, -0.1) is 0 Å². The van der Waals surface area contributed by atoms with Gasteiger partial charge in [-0.25, -0.2) is 0 Å². The number of aliphatic hydroxyl groups is 1. The first-order valence-electron chi connectivity index (χ1n) is 6.92. The molecule has 0 aliphatic carbocycles. The number of benzene rings is 1. The molecule has 3 unspecified atom stereocenters. The molecule has 0 bridgehead atoms. The number of halogens is 1. The summed E-state index contributed by atoms with van der Waals surface area (Å²) in [6.07, 6.45) is 0.862. The van der Waals surface area contributed by atoms with Gasteiger partial charge < -0.3 is 15.3 Å². The fourth-order valence-electron chi connectivity index (χ4n) is 2.63. The summed E-state index contributed by atoms with van der Waals surface area (Å²) in [6, 6.07) is 6.88. The first kappa shape index (κ1) is 14.8. The highest BCUT2D eigenvalue weighted by molar-refractivity contribution is 9.10. The summed E-state index contributed by atoms with van der Waals surface area (Å²) in [4.78, 5) is 2.36. The Kier molecular flexibility index (Phi) is 4.87. The third-order valence-corrected chi connectivity index (χ3v) is 4.84. The largest absolute Gasteiger partial charge is 0.393 e. The Hall–Kier alpha value is -0.580. The van der Waals surface area contributed by atoms with Crippen LogP contribution in [0.5, 0.6) is 0 Å². The fraction of sp³-hybridized carbons (Fsp3) is 0.600. The Morgan fingerprint density at radius 3 is 2.68 bits per heavy atom. The van der Waals surface area contributed by atoms with Crippen LogP contribution < -0.4 is 10.2 Å². The maximum atomic E-state index is 9.68. The van der Waals surface area contributed by atoms with Crippen LogP contribution in [-0.4, -0.2) is 31.3 Å². The highest BCUT2D eigenvalue weighted by atomic mass is 79.9. The maximum absolute atomic E-state index is 9.68. The van der Waals surface area contributed by atoms with Crippen molar-refractivity contribution in [1.82, 2.24) is 5.32 Å². The molecule has 0 aromatic heterocycles. The molecule has 1 fully saturated rings. The summed E-state index contributed by atoms with van der Waals surface area (Å²) >= 11 is 3.66. The van der Waals surface area contributed by atoms with Crippen LogP contribution in [0.1, 0.15) is 31.9 Å². The molecule has 0 amide bonds. The van der Waals surface area contributed by atoms with Crippen molar-refractivity contribution in [3.8, 4) is 0 Å². The van der Waals surface area contributed by atoms with Gasteiger partial charge in [-0.1, -0.05) is 22.0 Å². The average Bonchev–Trinajstić information content (AvgIpc) is 2.87. The fourth-order valence-corrected chi connectivity index (χ4v) is 3.35. The summed E-state index contributed by atoms with van der Waals surface area (Å²) in [6.45, 7) is 6.02. The number of hydrogen-bond donors (Lipinski definition) is 2. The predicted octanol–water partition coefficient (Wildman–Crippen LogP) is 2.94. The molecule has 106 valence electrons. The molecule has 1 aromatic carbocycles. The summed E-state index contributed by atoms with van der Waals surface area (Å²) in [5, 5.41) is 12.9. The summed E-state index contributed by atoms with van der Waals surface area (Å²) in [7, 11) is 1.97. The highest BCUT2D eigenvalue weighted by Crippen LogP contribution is 2.31. The van der Waals surface area contributed by atoms with Crippen molar-refractivity contribution in [2.75, 3.05) is 25.0 Å². The van der Waals surface area contributed by atoms with Gasteiger partial charge in [0.15, 0.2) is 0 Å². The molecule has 1 aliphatic rings. The molecule has 0 spiro atoms. The van der Waals surface area contributed by atoms with E-state index in [4.69, 9.17) is 0 Å². The molecular formula is C15H23BrN2O. The molecule has 1 aliphatic heterocycles. The quantitative estimate of drug-likeness (QED) is 0.893. The van der Waals surface area contributed by atoms with Crippen molar-refractivity contribution in [3.05, 3.63) is 28.2 Å². The number of rotatable bonds is 4.